The van der Waals surface area contributed by atoms with Gasteiger partial charge in [-0.2, -0.15) is 0 Å². The number of thiazole rings is 1. The molecule has 1 fully saturated rings. The van der Waals surface area contributed by atoms with Gasteiger partial charge in [0, 0.05) is 30.3 Å². The van der Waals surface area contributed by atoms with E-state index < -0.39 is 0 Å². The van der Waals surface area contributed by atoms with Gasteiger partial charge in [-0.15, -0.1) is 0 Å². The van der Waals surface area contributed by atoms with Gasteiger partial charge in [0.1, 0.15) is 0 Å². The predicted molar refractivity (Wildman–Crippen MR) is 112 cm³/mol. The van der Waals surface area contributed by atoms with Crippen LogP contribution in [0.4, 0.5) is 10.8 Å². The lowest BCUT2D eigenvalue weighted by Gasteiger charge is -2.28. The summed E-state index contributed by atoms with van der Waals surface area (Å²) in [5, 5.41) is 4.11. The van der Waals surface area contributed by atoms with E-state index in [1.165, 1.54) is 37.0 Å². The van der Waals surface area contributed by atoms with Crippen LogP contribution in [0.25, 0.3) is 0 Å². The van der Waals surface area contributed by atoms with Crippen molar-refractivity contribution in [2.45, 2.75) is 51.5 Å². The van der Waals surface area contributed by atoms with Crippen LogP contribution in [0, 0.1) is 5.92 Å². The molecule has 2 aromatic rings. The highest BCUT2D eigenvalue weighted by Gasteiger charge is 2.23. The molecular weight excluding hydrogens is 396 g/mol. The van der Waals surface area contributed by atoms with Gasteiger partial charge in [0.15, 0.2) is 16.0 Å². The van der Waals surface area contributed by atoms with Crippen LogP contribution < -0.4 is 15.0 Å². The number of nitrogens with one attached hydrogen (secondary N) is 1. The monoisotopic (exact) mass is 420 g/mol. The number of carbonyl (C=O) groups is 1. The highest BCUT2D eigenvalue weighted by molar-refractivity contribution is 7.15. The summed E-state index contributed by atoms with van der Waals surface area (Å²) in [7, 11) is 1.59. The number of fused-ring (bicyclic) bond motifs is 1. The van der Waals surface area contributed by atoms with E-state index in [0.29, 0.717) is 23.2 Å². The second-order valence-corrected chi connectivity index (χ2v) is 8.95. The highest BCUT2D eigenvalue weighted by atomic mass is 35.5. The summed E-state index contributed by atoms with van der Waals surface area (Å²) in [5.41, 5.74) is 2.06. The molecule has 0 unspecified atom stereocenters. The summed E-state index contributed by atoms with van der Waals surface area (Å²) in [6.45, 7) is 1.59. The minimum absolute atomic E-state index is 0.0986. The zero-order valence-corrected chi connectivity index (χ0v) is 17.6. The topological polar surface area (TPSA) is 67.3 Å². The van der Waals surface area contributed by atoms with E-state index in [9.17, 15) is 4.79 Å². The zero-order valence-electron chi connectivity index (χ0n) is 16.0. The van der Waals surface area contributed by atoms with Gasteiger partial charge >= 0.3 is 0 Å². The fourth-order valence-electron chi connectivity index (χ4n) is 4.03. The maximum Gasteiger partial charge on any atom is 0.226 e. The molecule has 8 heteroatoms. The maximum atomic E-state index is 12.4. The third-order valence-corrected chi connectivity index (χ3v) is 6.84. The number of nitrogens with zero attached hydrogens (tertiary/aromatic N) is 3. The summed E-state index contributed by atoms with van der Waals surface area (Å²) in [6, 6.07) is 1.91. The van der Waals surface area contributed by atoms with Crippen molar-refractivity contribution < 1.29 is 9.53 Å². The van der Waals surface area contributed by atoms with Gasteiger partial charge in [-0.3, -0.25) is 4.79 Å². The molecule has 1 aliphatic carbocycles. The number of hydrogen-bond acceptors (Lipinski definition) is 6. The molecule has 0 spiro atoms. The molecule has 2 aromatic heterocycles. The number of pyridine rings is 1. The number of carbonyl (C=O) groups excluding carboxylic acids is 1. The summed E-state index contributed by atoms with van der Waals surface area (Å²) >= 11 is 7.61. The molecule has 0 atom stereocenters. The van der Waals surface area contributed by atoms with E-state index in [1.54, 1.807) is 24.6 Å². The second kappa shape index (κ2) is 8.66. The summed E-state index contributed by atoms with van der Waals surface area (Å²) < 4.78 is 5.28. The van der Waals surface area contributed by atoms with E-state index in [-0.39, 0.29) is 5.91 Å². The smallest absolute Gasteiger partial charge is 0.226 e. The Labute approximate surface area is 174 Å². The van der Waals surface area contributed by atoms with Gasteiger partial charge in [0.2, 0.25) is 5.91 Å². The van der Waals surface area contributed by atoms with E-state index in [4.69, 9.17) is 16.3 Å². The van der Waals surface area contributed by atoms with E-state index in [2.05, 4.69) is 20.2 Å². The molecule has 150 valence electrons. The van der Waals surface area contributed by atoms with Crippen LogP contribution in [-0.2, 0) is 17.8 Å². The quantitative estimate of drug-likeness (QED) is 0.712. The third kappa shape index (κ3) is 4.41. The SMILES string of the molecule is COc1cc(N2CCc3nc(NC(=O)CC4CCCCC4)sc3C2)cnc1Cl. The van der Waals surface area contributed by atoms with Crippen LogP contribution in [0.5, 0.6) is 5.75 Å². The lowest BCUT2D eigenvalue weighted by molar-refractivity contribution is -0.117. The Hall–Kier alpha value is -1.86. The number of hydrogen-bond donors (Lipinski definition) is 1. The fraction of sp³-hybridized carbons (Fsp3) is 0.550. The van der Waals surface area contributed by atoms with Crippen molar-refractivity contribution in [2.75, 3.05) is 23.9 Å². The molecule has 1 amide bonds. The van der Waals surface area contributed by atoms with E-state index in [1.807, 2.05) is 6.07 Å². The number of aromatic nitrogens is 2. The largest absolute Gasteiger partial charge is 0.493 e. The first-order valence-corrected chi connectivity index (χ1v) is 11.0. The van der Waals surface area contributed by atoms with Crippen molar-refractivity contribution in [1.29, 1.82) is 0 Å². The number of anilines is 2. The standard InChI is InChI=1S/C20H25ClN4O2S/c1-27-16-10-14(11-22-19(16)21)25-8-7-15-17(12-25)28-20(23-15)24-18(26)9-13-5-3-2-4-6-13/h10-11,13H,2-9,12H2,1H3,(H,23,24,26). The fourth-order valence-corrected chi connectivity index (χ4v) is 5.25. The minimum Gasteiger partial charge on any atom is -0.493 e. The maximum absolute atomic E-state index is 12.4. The first-order chi connectivity index (χ1) is 13.6. The van der Waals surface area contributed by atoms with Crippen LogP contribution >= 0.6 is 22.9 Å². The summed E-state index contributed by atoms with van der Waals surface area (Å²) in [6.07, 6.45) is 9.40. The molecule has 3 heterocycles. The van der Waals surface area contributed by atoms with Gasteiger partial charge in [-0.05, 0) is 18.8 Å². The van der Waals surface area contributed by atoms with Gasteiger partial charge < -0.3 is 15.0 Å². The number of halogens is 1. The van der Waals surface area contributed by atoms with Crippen molar-refractivity contribution in [3.8, 4) is 5.75 Å². The molecule has 0 radical (unpaired) electrons. The molecule has 0 bridgehead atoms. The third-order valence-electron chi connectivity index (χ3n) is 5.55. The van der Waals surface area contributed by atoms with Gasteiger partial charge in [0.25, 0.3) is 0 Å². The molecule has 6 nitrogen and oxygen atoms in total. The molecule has 1 N–H and O–H groups in total. The van der Waals surface area contributed by atoms with Crippen LogP contribution in [0.2, 0.25) is 5.15 Å². The average molecular weight is 421 g/mol. The van der Waals surface area contributed by atoms with Gasteiger partial charge in [-0.25, -0.2) is 9.97 Å². The molecule has 0 saturated heterocycles. The Morgan fingerprint density at radius 2 is 2.21 bits per heavy atom. The normalized spacial score (nSPS) is 17.3. The van der Waals surface area contributed by atoms with Crippen molar-refractivity contribution in [3.05, 3.63) is 28.0 Å². The Balaban J connectivity index is 1.40. The first kappa shape index (κ1) is 19.5. The highest BCUT2D eigenvalue weighted by Crippen LogP contribution is 2.33. The van der Waals surface area contributed by atoms with E-state index >= 15 is 0 Å². The Morgan fingerprint density at radius 1 is 1.39 bits per heavy atom. The van der Waals surface area contributed by atoms with Gasteiger partial charge in [0.05, 0.1) is 31.2 Å². The Morgan fingerprint density at radius 3 is 3.00 bits per heavy atom. The van der Waals surface area contributed by atoms with Crippen molar-refractivity contribution in [3.63, 3.8) is 0 Å². The molecule has 2 aliphatic rings. The molecule has 28 heavy (non-hydrogen) atoms. The first-order valence-electron chi connectivity index (χ1n) is 9.85. The van der Waals surface area contributed by atoms with E-state index in [0.717, 1.165) is 36.0 Å². The van der Waals surface area contributed by atoms with Crippen LogP contribution in [0.3, 0.4) is 0 Å². The molecule has 1 saturated carbocycles. The summed E-state index contributed by atoms with van der Waals surface area (Å²) in [5.74, 6) is 1.21. The van der Waals surface area contributed by atoms with Crippen molar-refractivity contribution in [2.24, 2.45) is 5.92 Å². The van der Waals surface area contributed by atoms with Crippen LogP contribution in [0.1, 0.15) is 49.1 Å². The Bertz CT molecular complexity index is 851. The Kier molecular flexibility index (Phi) is 6.01. The minimum atomic E-state index is 0.0986. The molecule has 0 aromatic carbocycles. The van der Waals surface area contributed by atoms with Crippen LogP contribution in [-0.4, -0.2) is 29.5 Å². The molecule has 4 rings (SSSR count). The van der Waals surface area contributed by atoms with Gasteiger partial charge in [-0.1, -0.05) is 42.2 Å². The number of ether oxygens (including phenoxy) is 1. The van der Waals surface area contributed by atoms with Crippen molar-refractivity contribution in [1.82, 2.24) is 9.97 Å². The number of amides is 1. The second-order valence-electron chi connectivity index (χ2n) is 7.50. The van der Waals surface area contributed by atoms with Crippen LogP contribution in [0.15, 0.2) is 12.3 Å². The summed E-state index contributed by atoms with van der Waals surface area (Å²) in [4.78, 5) is 24.7. The average Bonchev–Trinajstić information content (AvgIpc) is 3.10. The lowest BCUT2D eigenvalue weighted by Crippen LogP contribution is -2.29. The molecular formula is C20H25ClN4O2S. The lowest BCUT2D eigenvalue weighted by atomic mass is 9.87. The zero-order chi connectivity index (χ0) is 19.5. The number of methoxy groups -OCH3 is 1. The van der Waals surface area contributed by atoms with Crippen molar-refractivity contribution >= 4 is 39.7 Å². The molecule has 1 aliphatic heterocycles. The predicted octanol–water partition coefficient (Wildman–Crippen LogP) is 4.67. The number of rotatable bonds is 5.